The summed E-state index contributed by atoms with van der Waals surface area (Å²) in [5.41, 5.74) is 3.33. The fourth-order valence-corrected chi connectivity index (χ4v) is 10.5. The lowest BCUT2D eigenvalue weighted by Crippen LogP contribution is -2.71. The van der Waals surface area contributed by atoms with Gasteiger partial charge in [0.05, 0.1) is 36.9 Å². The highest BCUT2D eigenvalue weighted by atomic mass is 16.5. The summed E-state index contributed by atoms with van der Waals surface area (Å²) in [6, 6.07) is 3.15. The Morgan fingerprint density at radius 3 is 2.42 bits per heavy atom. The Hall–Kier alpha value is -4.91. The van der Waals surface area contributed by atoms with E-state index in [-0.39, 0.29) is 67.1 Å². The number of ether oxygens (including phenoxy) is 2. The van der Waals surface area contributed by atoms with Gasteiger partial charge in [-0.25, -0.2) is 5.43 Å². The van der Waals surface area contributed by atoms with Crippen LogP contribution in [-0.2, 0) is 39.9 Å². The Balaban J connectivity index is 1.30. The molecular formula is C56H85N5O12. The van der Waals surface area contributed by atoms with Gasteiger partial charge >= 0.3 is 5.97 Å². The minimum absolute atomic E-state index is 0.0152. The number of carbonyl (C=O) groups is 5. The van der Waals surface area contributed by atoms with Gasteiger partial charge in [-0.2, -0.15) is 0 Å². The fourth-order valence-electron chi connectivity index (χ4n) is 10.5. The molecule has 0 aliphatic carbocycles. The van der Waals surface area contributed by atoms with E-state index in [1.807, 2.05) is 52.8 Å². The van der Waals surface area contributed by atoms with E-state index in [4.69, 9.17) is 9.47 Å². The van der Waals surface area contributed by atoms with Crippen molar-refractivity contribution in [2.75, 3.05) is 6.54 Å². The number of benzene rings is 1. The van der Waals surface area contributed by atoms with Crippen LogP contribution < -0.4 is 21.4 Å². The Morgan fingerprint density at radius 1 is 0.986 bits per heavy atom. The molecule has 1 spiro atoms. The molecule has 17 nitrogen and oxygen atoms in total. The molecule has 2 bridgehead atoms. The first-order valence-electron chi connectivity index (χ1n) is 26.6. The number of phenolic OH excluding ortho intramolecular Hbond substituents is 1. The van der Waals surface area contributed by atoms with Crippen LogP contribution in [-0.4, -0.2) is 127 Å². The summed E-state index contributed by atoms with van der Waals surface area (Å²) < 4.78 is 12.9. The number of esters is 1. The van der Waals surface area contributed by atoms with Crippen LogP contribution in [0.15, 0.2) is 72.4 Å². The molecule has 3 fully saturated rings. The SMILES string of the molecule is CC[C@H]1C[C@H](C)[C@@]2(NC1=O)O[C@@H](C[C@H](O)[C@@H](C)CC/C=C/C=C(\C)[C@@H]1C/C=C/C=C/[C@@H](O)C(C)[C@@H](O)CC(=O)N[C@@H](C(C)C)C(=O)N[C@@H](Cc3cccc(O)c3)C(=O)N3CCC[C@H](N3)C(=O)O1)[C@H](C)[C@H](O)[C@@H]2C. The lowest BCUT2D eigenvalue weighted by molar-refractivity contribution is -0.267. The van der Waals surface area contributed by atoms with Gasteiger partial charge in [-0.15, -0.1) is 0 Å². The van der Waals surface area contributed by atoms with E-state index in [2.05, 4.69) is 28.3 Å². The van der Waals surface area contributed by atoms with Crippen LogP contribution in [0.3, 0.4) is 0 Å². The number of phenols is 1. The van der Waals surface area contributed by atoms with E-state index < -0.39 is 96.0 Å². The number of piperidine rings is 1. The molecule has 9 N–H and O–H groups in total. The van der Waals surface area contributed by atoms with E-state index in [1.54, 1.807) is 51.1 Å². The number of allylic oxidation sites excluding steroid dienone is 5. The largest absolute Gasteiger partial charge is 0.508 e. The van der Waals surface area contributed by atoms with Crippen LogP contribution in [0, 0.1) is 41.4 Å². The topological polar surface area (TPSA) is 256 Å². The van der Waals surface area contributed by atoms with Crippen molar-refractivity contribution in [2.24, 2.45) is 41.4 Å². The number of hydrogen-bond donors (Lipinski definition) is 9. The summed E-state index contributed by atoms with van der Waals surface area (Å²) in [5.74, 6) is -4.43. The maximum Gasteiger partial charge on any atom is 0.325 e. The van der Waals surface area contributed by atoms with E-state index in [9.17, 15) is 49.5 Å². The molecular weight excluding hydrogens is 935 g/mol. The highest BCUT2D eigenvalue weighted by Crippen LogP contribution is 2.46. The van der Waals surface area contributed by atoms with Crippen LogP contribution >= 0.6 is 0 Å². The molecule has 73 heavy (non-hydrogen) atoms. The number of nitrogens with one attached hydrogen (secondary N) is 4. The van der Waals surface area contributed by atoms with Gasteiger partial charge in [-0.3, -0.25) is 29.0 Å². The molecule has 1 aromatic carbocycles. The van der Waals surface area contributed by atoms with Crippen molar-refractivity contribution in [2.45, 2.75) is 187 Å². The van der Waals surface area contributed by atoms with Crippen LogP contribution in [0.2, 0.25) is 0 Å². The number of hydrazine groups is 1. The minimum Gasteiger partial charge on any atom is -0.508 e. The number of fused-ring (bicyclic) bond motifs is 2. The zero-order valence-corrected chi connectivity index (χ0v) is 44.4. The average molecular weight is 1020 g/mol. The molecule has 1 unspecified atom stereocenters. The number of aliphatic hydroxyl groups excluding tert-OH is 4. The summed E-state index contributed by atoms with van der Waals surface area (Å²) in [4.78, 5) is 68.6. The standard InChI is InChI=1S/C56H85N5O12/c1-10-40-27-35(6)56(59-52(40)68)38(9)51(67)37(8)48(73-56)30-45(64)33(4)19-13-11-14-20-34(5)47-25-16-12-15-24-44(63)36(7)46(65)31-49(66)58-50(32(2)3)53(69)57-43(29-39-21-17-22-41(62)28-39)54(70)61-26-18-23-42(60-61)55(71)72-47/h11-12,14-17,20-22,24,28,32-33,35-38,40,42-48,50-51,60,62-65,67H,10,13,18-19,23,25-27,29-31H2,1-9H3,(H,57,69)(H,58,66)(H,59,68)/b14-11+,16-12+,24-15+,34-20+/t33-,35-,36?,37-,38-,40-,42-,43-,44+,45-,46-,47-,48-,50-,51-,56+/m0/s1. The first-order chi connectivity index (χ1) is 34.6. The zero-order valence-electron chi connectivity index (χ0n) is 44.4. The number of rotatable bonds is 12. The predicted molar refractivity (Wildman–Crippen MR) is 277 cm³/mol. The van der Waals surface area contributed by atoms with Gasteiger partial charge in [-0.05, 0) is 80.6 Å². The summed E-state index contributed by atoms with van der Waals surface area (Å²) in [7, 11) is 0. The minimum atomic E-state index is -1.26. The maximum atomic E-state index is 14.4. The fraction of sp³-hybridized carbons (Fsp3) is 0.661. The third kappa shape index (κ3) is 15.6. The quantitative estimate of drug-likeness (QED) is 0.101. The van der Waals surface area contributed by atoms with Gasteiger partial charge < -0.3 is 51.0 Å². The summed E-state index contributed by atoms with van der Waals surface area (Å²) in [6.07, 6.45) is 11.0. The molecule has 17 heteroatoms. The first-order valence-corrected chi connectivity index (χ1v) is 26.6. The molecule has 4 aliphatic rings. The number of hydrogen-bond acceptors (Lipinski definition) is 13. The van der Waals surface area contributed by atoms with Crippen molar-refractivity contribution in [3.05, 3.63) is 77.9 Å². The molecule has 4 aliphatic heterocycles. The lowest BCUT2D eigenvalue weighted by atomic mass is 9.69. The highest BCUT2D eigenvalue weighted by molar-refractivity contribution is 5.92. The average Bonchev–Trinajstić information content (AvgIpc) is 3.35. The van der Waals surface area contributed by atoms with Gasteiger partial charge in [0.25, 0.3) is 5.91 Å². The number of amides is 4. The summed E-state index contributed by atoms with van der Waals surface area (Å²) in [5, 5.41) is 64.9. The molecule has 5 rings (SSSR count). The summed E-state index contributed by atoms with van der Waals surface area (Å²) >= 11 is 0. The molecule has 0 aromatic heterocycles. The Kier molecular flexibility index (Phi) is 21.8. The van der Waals surface area contributed by atoms with E-state index in [0.29, 0.717) is 44.1 Å². The van der Waals surface area contributed by atoms with Crippen molar-refractivity contribution in [3.8, 4) is 5.75 Å². The number of nitrogens with zero attached hydrogens (tertiary/aromatic N) is 1. The van der Waals surface area contributed by atoms with Gasteiger partial charge in [-0.1, -0.05) is 110 Å². The van der Waals surface area contributed by atoms with Gasteiger partial charge in [0.15, 0.2) is 0 Å². The van der Waals surface area contributed by atoms with Crippen LogP contribution in [0.4, 0.5) is 0 Å². The molecule has 16 atom stereocenters. The third-order valence-corrected chi connectivity index (χ3v) is 15.8. The Labute approximate surface area is 432 Å². The predicted octanol–water partition coefficient (Wildman–Crippen LogP) is 4.81. The third-order valence-electron chi connectivity index (χ3n) is 15.8. The van der Waals surface area contributed by atoms with E-state index in [0.717, 1.165) is 12.0 Å². The number of carbonyl (C=O) groups excluding carboxylic acids is 5. The van der Waals surface area contributed by atoms with E-state index in [1.165, 1.54) is 23.2 Å². The summed E-state index contributed by atoms with van der Waals surface area (Å²) in [6.45, 7) is 17.0. The number of aromatic hydroxyl groups is 1. The van der Waals surface area contributed by atoms with Gasteiger partial charge in [0, 0.05) is 55.4 Å². The van der Waals surface area contributed by atoms with Crippen molar-refractivity contribution in [3.63, 3.8) is 0 Å². The molecule has 1 aromatic rings. The van der Waals surface area contributed by atoms with Gasteiger partial charge in [0.2, 0.25) is 17.7 Å². The van der Waals surface area contributed by atoms with Crippen molar-refractivity contribution in [1.82, 2.24) is 26.4 Å². The Bertz CT molecular complexity index is 2160. The van der Waals surface area contributed by atoms with Crippen molar-refractivity contribution >= 4 is 29.6 Å². The van der Waals surface area contributed by atoms with Crippen molar-refractivity contribution in [1.29, 1.82) is 0 Å². The molecule has 4 heterocycles. The lowest BCUT2D eigenvalue weighted by Gasteiger charge is -2.56. The Morgan fingerprint density at radius 2 is 1.73 bits per heavy atom. The molecule has 406 valence electrons. The monoisotopic (exact) mass is 1020 g/mol. The first kappa shape index (κ1) is 59.0. The van der Waals surface area contributed by atoms with Crippen LogP contribution in [0.1, 0.15) is 126 Å². The van der Waals surface area contributed by atoms with Gasteiger partial charge in [0.1, 0.15) is 35.7 Å². The molecule has 0 saturated carbocycles. The second-order valence-corrected chi connectivity index (χ2v) is 21.6. The maximum absolute atomic E-state index is 14.4. The smallest absolute Gasteiger partial charge is 0.325 e. The number of aliphatic hydroxyl groups is 4. The van der Waals surface area contributed by atoms with E-state index >= 15 is 0 Å². The van der Waals surface area contributed by atoms with Crippen LogP contribution in [0.5, 0.6) is 5.75 Å². The highest BCUT2D eigenvalue weighted by Gasteiger charge is 2.57. The van der Waals surface area contributed by atoms with Crippen LogP contribution in [0.25, 0.3) is 0 Å². The van der Waals surface area contributed by atoms with Crippen molar-refractivity contribution < 1.29 is 59.0 Å². The second kappa shape index (κ2) is 27.0. The zero-order chi connectivity index (χ0) is 53.7. The molecule has 0 radical (unpaired) electrons. The normalized spacial score (nSPS) is 35.5. The number of cyclic esters (lactones) is 1. The molecule has 3 saturated heterocycles. The molecule has 4 amide bonds. The second-order valence-electron chi connectivity index (χ2n) is 21.6.